The summed E-state index contributed by atoms with van der Waals surface area (Å²) in [4.78, 5) is 25.6. The van der Waals surface area contributed by atoms with Crippen molar-refractivity contribution in [2.75, 3.05) is 25.5 Å². The van der Waals surface area contributed by atoms with Crippen LogP contribution in [0.15, 0.2) is 53.5 Å². The monoisotopic (exact) mass is 341 g/mol. The highest BCUT2D eigenvalue weighted by molar-refractivity contribution is 5.89. The molecule has 1 aliphatic rings. The van der Waals surface area contributed by atoms with Crippen LogP contribution >= 0.6 is 0 Å². The molecule has 2 aromatic rings. The first-order valence-corrected chi connectivity index (χ1v) is 8.50. The molecule has 2 heterocycles. The molecule has 1 aromatic carbocycles. The van der Waals surface area contributed by atoms with Gasteiger partial charge in [-0.15, -0.1) is 0 Å². The summed E-state index contributed by atoms with van der Waals surface area (Å²) in [6.07, 6.45) is 3.97. The zero-order valence-corrected chi connectivity index (χ0v) is 14.4. The molecule has 1 fully saturated rings. The van der Waals surface area contributed by atoms with Crippen molar-refractivity contribution in [3.63, 3.8) is 0 Å². The molecule has 3 rings (SSSR count). The number of nitrogens with zero attached hydrogens (tertiary/aromatic N) is 2. The van der Waals surface area contributed by atoms with Crippen molar-refractivity contribution in [3.05, 3.63) is 64.6 Å². The predicted molar refractivity (Wildman–Crippen MR) is 96.9 cm³/mol. The number of pyridine rings is 1. The fourth-order valence-corrected chi connectivity index (χ4v) is 2.88. The van der Waals surface area contributed by atoms with Crippen LogP contribution in [-0.4, -0.2) is 41.8 Å². The lowest BCUT2D eigenvalue weighted by atomic mass is 10.2. The number of amides is 2. The van der Waals surface area contributed by atoms with Gasteiger partial charge in [0, 0.05) is 38.1 Å². The highest BCUT2D eigenvalue weighted by atomic mass is 16.5. The van der Waals surface area contributed by atoms with Gasteiger partial charge in [-0.1, -0.05) is 18.2 Å². The van der Waals surface area contributed by atoms with Crippen LogP contribution in [0.3, 0.4) is 0 Å². The van der Waals surface area contributed by atoms with Crippen molar-refractivity contribution >= 4 is 11.7 Å². The fourth-order valence-electron chi connectivity index (χ4n) is 2.88. The molecular formula is C19H23N3O3. The molecule has 1 saturated heterocycles. The Hall–Kier alpha value is -2.60. The molecule has 1 unspecified atom stereocenters. The number of urea groups is 1. The van der Waals surface area contributed by atoms with Gasteiger partial charge in [-0.2, -0.15) is 0 Å². The summed E-state index contributed by atoms with van der Waals surface area (Å²) in [5.74, 6) is 0. The van der Waals surface area contributed by atoms with Crippen LogP contribution in [0.25, 0.3) is 0 Å². The van der Waals surface area contributed by atoms with E-state index in [0.29, 0.717) is 13.1 Å². The summed E-state index contributed by atoms with van der Waals surface area (Å²) in [5, 5.41) is 2.88. The Balaban J connectivity index is 1.55. The van der Waals surface area contributed by atoms with E-state index in [1.54, 1.807) is 34.8 Å². The molecule has 6 heteroatoms. The maximum absolute atomic E-state index is 12.2. The SMILES string of the molecule is CN(CC1CCCO1)C(=O)Nc1ccc(Cn2ccccc2=O)cc1. The number of benzene rings is 1. The maximum atomic E-state index is 12.2. The van der Waals surface area contributed by atoms with Crippen molar-refractivity contribution in [3.8, 4) is 0 Å². The number of rotatable bonds is 5. The van der Waals surface area contributed by atoms with Gasteiger partial charge in [-0.25, -0.2) is 4.79 Å². The number of ether oxygens (including phenoxy) is 1. The van der Waals surface area contributed by atoms with Gasteiger partial charge >= 0.3 is 6.03 Å². The minimum absolute atomic E-state index is 0.0318. The van der Waals surface area contributed by atoms with Gasteiger partial charge in [-0.05, 0) is 36.6 Å². The smallest absolute Gasteiger partial charge is 0.321 e. The number of carbonyl (C=O) groups excluding carboxylic acids is 1. The fraction of sp³-hybridized carbons (Fsp3) is 0.368. The third-order valence-electron chi connectivity index (χ3n) is 4.31. The standard InChI is InChI=1S/C19H23N3O3/c1-21(14-17-5-4-12-25-17)19(24)20-16-9-7-15(8-10-16)13-22-11-3-2-6-18(22)23/h2-3,6-11,17H,4-5,12-14H2,1H3,(H,20,24). The van der Waals surface area contributed by atoms with Crippen LogP contribution in [0, 0.1) is 0 Å². The van der Waals surface area contributed by atoms with Crippen molar-refractivity contribution in [2.24, 2.45) is 0 Å². The molecule has 1 aromatic heterocycles. The molecule has 0 saturated carbocycles. The van der Waals surface area contributed by atoms with E-state index < -0.39 is 0 Å². The summed E-state index contributed by atoms with van der Waals surface area (Å²) in [6, 6.07) is 12.5. The number of nitrogens with one attached hydrogen (secondary N) is 1. The number of hydrogen-bond acceptors (Lipinski definition) is 3. The van der Waals surface area contributed by atoms with Crippen LogP contribution in [-0.2, 0) is 11.3 Å². The molecule has 1 atom stereocenters. The largest absolute Gasteiger partial charge is 0.376 e. The second kappa shape index (κ2) is 7.98. The number of carbonyl (C=O) groups is 1. The van der Waals surface area contributed by atoms with E-state index >= 15 is 0 Å². The summed E-state index contributed by atoms with van der Waals surface area (Å²) >= 11 is 0. The lowest BCUT2D eigenvalue weighted by Crippen LogP contribution is -2.37. The molecule has 0 bridgehead atoms. The van der Waals surface area contributed by atoms with Crippen molar-refractivity contribution in [1.82, 2.24) is 9.47 Å². The number of hydrogen-bond donors (Lipinski definition) is 1. The van der Waals surface area contributed by atoms with Crippen LogP contribution < -0.4 is 10.9 Å². The van der Waals surface area contributed by atoms with Crippen LogP contribution in [0.4, 0.5) is 10.5 Å². The Labute approximate surface area is 147 Å². The predicted octanol–water partition coefficient (Wildman–Crippen LogP) is 2.54. The van der Waals surface area contributed by atoms with Crippen LogP contribution in [0.5, 0.6) is 0 Å². The Bertz CT molecular complexity index is 764. The molecule has 132 valence electrons. The van der Waals surface area contributed by atoms with Crippen molar-refractivity contribution < 1.29 is 9.53 Å². The molecule has 1 aliphatic heterocycles. The van der Waals surface area contributed by atoms with Crippen LogP contribution in [0.2, 0.25) is 0 Å². The highest BCUT2D eigenvalue weighted by Gasteiger charge is 2.20. The van der Waals surface area contributed by atoms with Gasteiger partial charge in [0.15, 0.2) is 0 Å². The summed E-state index contributed by atoms with van der Waals surface area (Å²) in [6.45, 7) is 1.89. The average molecular weight is 341 g/mol. The number of anilines is 1. The van der Waals surface area contributed by atoms with Gasteiger partial charge < -0.3 is 19.5 Å². The third-order valence-corrected chi connectivity index (χ3v) is 4.31. The molecule has 1 N–H and O–H groups in total. The third kappa shape index (κ3) is 4.70. The number of likely N-dealkylation sites (N-methyl/N-ethyl adjacent to an activating group) is 1. The second-order valence-electron chi connectivity index (χ2n) is 6.31. The number of aromatic nitrogens is 1. The minimum Gasteiger partial charge on any atom is -0.376 e. The Kier molecular flexibility index (Phi) is 5.50. The van der Waals surface area contributed by atoms with E-state index in [1.807, 2.05) is 30.3 Å². The Morgan fingerprint density at radius 1 is 1.28 bits per heavy atom. The first-order chi connectivity index (χ1) is 12.1. The van der Waals surface area contributed by atoms with E-state index in [1.165, 1.54) is 0 Å². The van der Waals surface area contributed by atoms with E-state index in [-0.39, 0.29) is 17.7 Å². The zero-order chi connectivity index (χ0) is 17.6. The highest BCUT2D eigenvalue weighted by Crippen LogP contribution is 2.14. The van der Waals surface area contributed by atoms with E-state index in [9.17, 15) is 9.59 Å². The Morgan fingerprint density at radius 2 is 2.08 bits per heavy atom. The lowest BCUT2D eigenvalue weighted by Gasteiger charge is -2.21. The van der Waals surface area contributed by atoms with E-state index in [0.717, 1.165) is 30.7 Å². The summed E-state index contributed by atoms with van der Waals surface area (Å²) in [5.41, 5.74) is 1.70. The van der Waals surface area contributed by atoms with Gasteiger partial charge in [0.25, 0.3) is 5.56 Å². The van der Waals surface area contributed by atoms with Crippen molar-refractivity contribution in [1.29, 1.82) is 0 Å². The molecule has 0 radical (unpaired) electrons. The van der Waals surface area contributed by atoms with E-state index in [4.69, 9.17) is 4.74 Å². The maximum Gasteiger partial charge on any atom is 0.321 e. The topological polar surface area (TPSA) is 63.6 Å². The zero-order valence-electron chi connectivity index (χ0n) is 14.4. The normalized spacial score (nSPS) is 16.6. The molecule has 6 nitrogen and oxygen atoms in total. The molecule has 2 amide bonds. The van der Waals surface area contributed by atoms with Crippen molar-refractivity contribution in [2.45, 2.75) is 25.5 Å². The quantitative estimate of drug-likeness (QED) is 0.909. The molecule has 0 spiro atoms. The second-order valence-corrected chi connectivity index (χ2v) is 6.31. The summed E-state index contributed by atoms with van der Waals surface area (Å²) in [7, 11) is 1.77. The van der Waals surface area contributed by atoms with Gasteiger partial charge in [-0.3, -0.25) is 4.79 Å². The summed E-state index contributed by atoms with van der Waals surface area (Å²) < 4.78 is 7.20. The van der Waals surface area contributed by atoms with Crippen LogP contribution in [0.1, 0.15) is 18.4 Å². The lowest BCUT2D eigenvalue weighted by molar-refractivity contribution is 0.0894. The van der Waals surface area contributed by atoms with Gasteiger partial charge in [0.05, 0.1) is 12.6 Å². The van der Waals surface area contributed by atoms with E-state index in [2.05, 4.69) is 5.32 Å². The minimum atomic E-state index is -0.150. The first kappa shape index (κ1) is 17.2. The molecule has 0 aliphatic carbocycles. The Morgan fingerprint density at radius 3 is 2.76 bits per heavy atom. The first-order valence-electron chi connectivity index (χ1n) is 8.50. The average Bonchev–Trinajstić information content (AvgIpc) is 3.11. The van der Waals surface area contributed by atoms with Gasteiger partial charge in [0.2, 0.25) is 0 Å². The van der Waals surface area contributed by atoms with Gasteiger partial charge in [0.1, 0.15) is 0 Å². The molecular weight excluding hydrogens is 318 g/mol. The molecule has 25 heavy (non-hydrogen) atoms.